The molecule has 2 aromatic carbocycles. The first kappa shape index (κ1) is 14.6. The standard InChI is InChI=1S/C19H26N2/c1-15(18-10-6-12-21(2)14-18)20-13-17-9-5-8-16-7-3-4-11-19(16)17/h3-5,7-9,11,15,18,20H,6,10,12-14H2,1-2H3. The smallest absolute Gasteiger partial charge is 0.0214 e. The van der Waals surface area contributed by atoms with Crippen molar-refractivity contribution >= 4 is 10.8 Å². The van der Waals surface area contributed by atoms with Gasteiger partial charge in [0.1, 0.15) is 0 Å². The van der Waals surface area contributed by atoms with Crippen LogP contribution in [0.5, 0.6) is 0 Å². The lowest BCUT2D eigenvalue weighted by molar-refractivity contribution is 0.178. The Bertz CT molecular complexity index is 588. The second-order valence-corrected chi connectivity index (χ2v) is 6.47. The molecule has 0 aliphatic carbocycles. The van der Waals surface area contributed by atoms with Crippen molar-refractivity contribution in [2.75, 3.05) is 20.1 Å². The SMILES string of the molecule is CC(NCc1cccc2ccccc12)C1CCCN(C)C1. The van der Waals surface area contributed by atoms with Gasteiger partial charge in [0.05, 0.1) is 0 Å². The van der Waals surface area contributed by atoms with E-state index in [1.54, 1.807) is 0 Å². The number of likely N-dealkylation sites (tertiary alicyclic amines) is 1. The molecule has 0 bridgehead atoms. The largest absolute Gasteiger partial charge is 0.310 e. The molecule has 0 spiro atoms. The van der Waals surface area contributed by atoms with Crippen molar-refractivity contribution in [1.82, 2.24) is 10.2 Å². The molecule has 3 rings (SSSR count). The van der Waals surface area contributed by atoms with Gasteiger partial charge in [-0.25, -0.2) is 0 Å². The Morgan fingerprint density at radius 3 is 2.86 bits per heavy atom. The fourth-order valence-corrected chi connectivity index (χ4v) is 3.50. The van der Waals surface area contributed by atoms with Crippen molar-refractivity contribution in [2.45, 2.75) is 32.4 Å². The predicted molar refractivity (Wildman–Crippen MR) is 90.5 cm³/mol. The number of nitrogens with one attached hydrogen (secondary N) is 1. The molecule has 1 heterocycles. The highest BCUT2D eigenvalue weighted by atomic mass is 15.1. The van der Waals surface area contributed by atoms with Crippen LogP contribution in [-0.2, 0) is 6.54 Å². The average Bonchev–Trinajstić information content (AvgIpc) is 2.52. The molecule has 1 saturated heterocycles. The monoisotopic (exact) mass is 282 g/mol. The summed E-state index contributed by atoms with van der Waals surface area (Å²) in [7, 11) is 2.24. The first-order valence-electron chi connectivity index (χ1n) is 8.12. The topological polar surface area (TPSA) is 15.3 Å². The third-order valence-electron chi connectivity index (χ3n) is 4.86. The van der Waals surface area contributed by atoms with E-state index < -0.39 is 0 Å². The highest BCUT2D eigenvalue weighted by Gasteiger charge is 2.22. The van der Waals surface area contributed by atoms with Crippen molar-refractivity contribution in [1.29, 1.82) is 0 Å². The third kappa shape index (κ3) is 3.45. The molecular weight excluding hydrogens is 256 g/mol. The maximum Gasteiger partial charge on any atom is 0.0214 e. The van der Waals surface area contributed by atoms with Crippen LogP contribution >= 0.6 is 0 Å². The average molecular weight is 282 g/mol. The fourth-order valence-electron chi connectivity index (χ4n) is 3.50. The molecule has 1 fully saturated rings. The summed E-state index contributed by atoms with van der Waals surface area (Å²) >= 11 is 0. The van der Waals surface area contributed by atoms with Crippen molar-refractivity contribution in [3.05, 3.63) is 48.0 Å². The molecule has 21 heavy (non-hydrogen) atoms. The Hall–Kier alpha value is -1.38. The lowest BCUT2D eigenvalue weighted by Gasteiger charge is -2.34. The van der Waals surface area contributed by atoms with E-state index in [1.807, 2.05) is 0 Å². The summed E-state index contributed by atoms with van der Waals surface area (Å²) in [5.41, 5.74) is 1.41. The molecule has 1 aliphatic rings. The van der Waals surface area contributed by atoms with E-state index in [2.05, 4.69) is 66.7 Å². The molecule has 0 amide bonds. The number of nitrogens with zero attached hydrogens (tertiary/aromatic N) is 1. The summed E-state index contributed by atoms with van der Waals surface area (Å²) < 4.78 is 0. The lowest BCUT2D eigenvalue weighted by Crippen LogP contribution is -2.42. The minimum absolute atomic E-state index is 0.576. The quantitative estimate of drug-likeness (QED) is 0.920. The zero-order valence-electron chi connectivity index (χ0n) is 13.2. The van der Waals surface area contributed by atoms with Crippen LogP contribution in [0.4, 0.5) is 0 Å². The van der Waals surface area contributed by atoms with Gasteiger partial charge in [-0.1, -0.05) is 42.5 Å². The maximum absolute atomic E-state index is 3.75. The Labute approximate surface area is 128 Å². The van der Waals surface area contributed by atoms with Gasteiger partial charge in [0.15, 0.2) is 0 Å². The first-order valence-corrected chi connectivity index (χ1v) is 8.12. The molecular formula is C19H26N2. The van der Waals surface area contributed by atoms with E-state index in [9.17, 15) is 0 Å². The number of benzene rings is 2. The molecule has 1 aliphatic heterocycles. The summed E-state index contributed by atoms with van der Waals surface area (Å²) in [4.78, 5) is 2.46. The molecule has 0 aromatic heterocycles. The Morgan fingerprint density at radius 1 is 1.19 bits per heavy atom. The summed E-state index contributed by atoms with van der Waals surface area (Å²) in [6.07, 6.45) is 2.69. The highest BCUT2D eigenvalue weighted by Crippen LogP contribution is 2.21. The Balaban J connectivity index is 1.66. The molecule has 2 aromatic rings. The van der Waals surface area contributed by atoms with Gasteiger partial charge in [-0.05, 0) is 55.6 Å². The second kappa shape index (κ2) is 6.59. The molecule has 112 valence electrons. The minimum atomic E-state index is 0.576. The van der Waals surface area contributed by atoms with E-state index in [1.165, 1.54) is 42.3 Å². The van der Waals surface area contributed by atoms with E-state index >= 15 is 0 Å². The van der Waals surface area contributed by atoms with Gasteiger partial charge in [-0.15, -0.1) is 0 Å². The number of hydrogen-bond acceptors (Lipinski definition) is 2. The summed E-state index contributed by atoms with van der Waals surface area (Å²) in [5.74, 6) is 0.777. The number of piperidine rings is 1. The predicted octanol–water partition coefficient (Wildman–Crippen LogP) is 3.66. The zero-order chi connectivity index (χ0) is 14.7. The van der Waals surface area contributed by atoms with Crippen molar-refractivity contribution < 1.29 is 0 Å². The van der Waals surface area contributed by atoms with Crippen LogP contribution < -0.4 is 5.32 Å². The molecule has 2 heteroatoms. The van der Waals surface area contributed by atoms with Crippen molar-refractivity contribution in [3.8, 4) is 0 Å². The summed E-state index contributed by atoms with van der Waals surface area (Å²) in [6.45, 7) is 5.79. The molecule has 0 radical (unpaired) electrons. The number of hydrogen-bond donors (Lipinski definition) is 1. The van der Waals surface area contributed by atoms with E-state index in [0.29, 0.717) is 6.04 Å². The highest BCUT2D eigenvalue weighted by molar-refractivity contribution is 5.85. The van der Waals surface area contributed by atoms with Gasteiger partial charge in [0.25, 0.3) is 0 Å². The molecule has 0 saturated carbocycles. The van der Waals surface area contributed by atoms with Gasteiger partial charge in [-0.3, -0.25) is 0 Å². The first-order chi connectivity index (χ1) is 10.2. The van der Waals surface area contributed by atoms with Crippen molar-refractivity contribution in [2.24, 2.45) is 5.92 Å². The zero-order valence-corrected chi connectivity index (χ0v) is 13.2. The Morgan fingerprint density at radius 2 is 2.00 bits per heavy atom. The van der Waals surface area contributed by atoms with Crippen LogP contribution in [0.15, 0.2) is 42.5 Å². The van der Waals surface area contributed by atoms with Gasteiger partial charge in [0, 0.05) is 19.1 Å². The number of rotatable bonds is 4. The maximum atomic E-state index is 3.75. The normalized spacial score (nSPS) is 21.5. The van der Waals surface area contributed by atoms with Gasteiger partial charge >= 0.3 is 0 Å². The molecule has 2 nitrogen and oxygen atoms in total. The van der Waals surface area contributed by atoms with Crippen LogP contribution in [0.2, 0.25) is 0 Å². The van der Waals surface area contributed by atoms with Crippen LogP contribution in [0.3, 0.4) is 0 Å². The molecule has 2 atom stereocenters. The second-order valence-electron chi connectivity index (χ2n) is 6.47. The van der Waals surface area contributed by atoms with Gasteiger partial charge in [-0.2, -0.15) is 0 Å². The fraction of sp³-hybridized carbons (Fsp3) is 0.474. The van der Waals surface area contributed by atoms with Gasteiger partial charge < -0.3 is 10.2 Å². The third-order valence-corrected chi connectivity index (χ3v) is 4.86. The van der Waals surface area contributed by atoms with Crippen molar-refractivity contribution in [3.63, 3.8) is 0 Å². The van der Waals surface area contributed by atoms with Crippen LogP contribution in [0.25, 0.3) is 10.8 Å². The van der Waals surface area contributed by atoms with Crippen LogP contribution in [0.1, 0.15) is 25.3 Å². The van der Waals surface area contributed by atoms with Gasteiger partial charge in [0.2, 0.25) is 0 Å². The van der Waals surface area contributed by atoms with E-state index in [0.717, 1.165) is 12.5 Å². The lowest BCUT2D eigenvalue weighted by atomic mass is 9.91. The van der Waals surface area contributed by atoms with Crippen LogP contribution in [-0.4, -0.2) is 31.1 Å². The Kier molecular flexibility index (Phi) is 4.57. The minimum Gasteiger partial charge on any atom is -0.310 e. The van der Waals surface area contributed by atoms with E-state index in [4.69, 9.17) is 0 Å². The molecule has 1 N–H and O–H groups in total. The summed E-state index contributed by atoms with van der Waals surface area (Å²) in [5, 5.41) is 6.47. The molecule has 2 unspecified atom stereocenters. The van der Waals surface area contributed by atoms with E-state index in [-0.39, 0.29) is 0 Å². The number of fused-ring (bicyclic) bond motifs is 1. The van der Waals surface area contributed by atoms with Crippen LogP contribution in [0, 0.1) is 5.92 Å². The summed E-state index contributed by atoms with van der Waals surface area (Å²) in [6, 6.07) is 15.8.